The number of aromatic nitrogens is 4. The Bertz CT molecular complexity index is 1390. The number of nitrogens with zero attached hydrogens (tertiary/aromatic N) is 4. The third-order valence-corrected chi connectivity index (χ3v) is 5.37. The van der Waals surface area contributed by atoms with E-state index in [1.165, 1.54) is 17.2 Å². The summed E-state index contributed by atoms with van der Waals surface area (Å²) in [7, 11) is 0. The fourth-order valence-corrected chi connectivity index (χ4v) is 3.78. The molecule has 1 aliphatic rings. The molecule has 10 nitrogen and oxygen atoms in total. The number of nitrogens with one attached hydrogen (secondary N) is 2. The molecule has 2 aromatic heterocycles. The molecule has 10 heteroatoms. The van der Waals surface area contributed by atoms with Crippen molar-refractivity contribution in [3.8, 4) is 11.4 Å². The summed E-state index contributed by atoms with van der Waals surface area (Å²) in [6.45, 7) is 0.518. The summed E-state index contributed by atoms with van der Waals surface area (Å²) in [6, 6.07) is 14.2. The van der Waals surface area contributed by atoms with Crippen molar-refractivity contribution in [1.29, 1.82) is 0 Å². The van der Waals surface area contributed by atoms with Crippen LogP contribution < -0.4 is 20.5 Å². The SMILES string of the molecule is O=C(COc1ccc(N2CCCC2=O)cc1)Nc1ccccc1-n1ncc2c(=O)[nH]cnc21. The van der Waals surface area contributed by atoms with Gasteiger partial charge in [0.15, 0.2) is 12.3 Å². The van der Waals surface area contributed by atoms with Crippen molar-refractivity contribution in [3.05, 3.63) is 71.4 Å². The number of ether oxygens (including phenoxy) is 1. The van der Waals surface area contributed by atoms with Gasteiger partial charge in [-0.1, -0.05) is 12.1 Å². The third-order valence-electron chi connectivity index (χ3n) is 5.37. The van der Waals surface area contributed by atoms with E-state index in [2.05, 4.69) is 20.4 Å². The minimum atomic E-state index is -0.358. The Morgan fingerprint density at radius 3 is 2.73 bits per heavy atom. The Hall–Kier alpha value is -4.47. The second-order valence-electron chi connectivity index (χ2n) is 7.52. The van der Waals surface area contributed by atoms with E-state index in [1.807, 2.05) is 12.1 Å². The Morgan fingerprint density at radius 1 is 1.12 bits per heavy atom. The number of para-hydroxylation sites is 2. The van der Waals surface area contributed by atoms with Crippen molar-refractivity contribution in [2.75, 3.05) is 23.4 Å². The summed E-state index contributed by atoms with van der Waals surface area (Å²) in [4.78, 5) is 44.8. The summed E-state index contributed by atoms with van der Waals surface area (Å²) in [5.74, 6) is 0.283. The van der Waals surface area contributed by atoms with Crippen molar-refractivity contribution in [1.82, 2.24) is 19.7 Å². The van der Waals surface area contributed by atoms with E-state index >= 15 is 0 Å². The minimum absolute atomic E-state index is 0.117. The van der Waals surface area contributed by atoms with E-state index in [0.717, 1.165) is 18.7 Å². The number of carbonyl (C=O) groups excluding carboxylic acids is 2. The molecule has 0 bridgehead atoms. The molecule has 1 fully saturated rings. The van der Waals surface area contributed by atoms with E-state index in [-0.39, 0.29) is 24.0 Å². The number of rotatable bonds is 6. The Labute approximate surface area is 187 Å². The van der Waals surface area contributed by atoms with Crippen LogP contribution in [0, 0.1) is 0 Å². The summed E-state index contributed by atoms with van der Waals surface area (Å²) in [5.41, 5.74) is 1.98. The second-order valence-corrected chi connectivity index (χ2v) is 7.52. The molecule has 0 unspecified atom stereocenters. The lowest BCUT2D eigenvalue weighted by Gasteiger charge is -2.16. The average Bonchev–Trinajstić information content (AvgIpc) is 3.46. The van der Waals surface area contributed by atoms with Gasteiger partial charge in [-0.15, -0.1) is 0 Å². The highest BCUT2D eigenvalue weighted by molar-refractivity contribution is 5.95. The molecule has 0 atom stereocenters. The maximum atomic E-state index is 12.6. The van der Waals surface area contributed by atoms with Crippen LogP contribution in [0.4, 0.5) is 11.4 Å². The van der Waals surface area contributed by atoms with Crippen LogP contribution in [0.5, 0.6) is 5.75 Å². The topological polar surface area (TPSA) is 122 Å². The third kappa shape index (κ3) is 4.05. The van der Waals surface area contributed by atoms with Crippen LogP contribution in [0.15, 0.2) is 65.8 Å². The first-order chi connectivity index (χ1) is 16.1. The van der Waals surface area contributed by atoms with Crippen LogP contribution in [0.1, 0.15) is 12.8 Å². The molecule has 33 heavy (non-hydrogen) atoms. The number of benzene rings is 2. The van der Waals surface area contributed by atoms with E-state index in [9.17, 15) is 14.4 Å². The number of hydrogen-bond acceptors (Lipinski definition) is 6. The first-order valence-corrected chi connectivity index (χ1v) is 10.4. The van der Waals surface area contributed by atoms with Gasteiger partial charge in [-0.05, 0) is 42.8 Å². The van der Waals surface area contributed by atoms with Gasteiger partial charge in [-0.2, -0.15) is 5.10 Å². The Morgan fingerprint density at radius 2 is 1.94 bits per heavy atom. The van der Waals surface area contributed by atoms with Gasteiger partial charge in [-0.25, -0.2) is 9.67 Å². The molecule has 2 amide bonds. The maximum Gasteiger partial charge on any atom is 0.262 e. The molecule has 0 aliphatic carbocycles. The van der Waals surface area contributed by atoms with Gasteiger partial charge in [0, 0.05) is 18.7 Å². The highest BCUT2D eigenvalue weighted by Gasteiger charge is 2.21. The quantitative estimate of drug-likeness (QED) is 0.470. The molecule has 2 N–H and O–H groups in total. The molecule has 5 rings (SSSR count). The number of amides is 2. The number of hydrogen-bond donors (Lipinski definition) is 2. The highest BCUT2D eigenvalue weighted by atomic mass is 16.5. The minimum Gasteiger partial charge on any atom is -0.484 e. The highest BCUT2D eigenvalue weighted by Crippen LogP contribution is 2.24. The van der Waals surface area contributed by atoms with Crippen LogP contribution in [-0.2, 0) is 9.59 Å². The zero-order valence-electron chi connectivity index (χ0n) is 17.5. The summed E-state index contributed by atoms with van der Waals surface area (Å²) in [5, 5.41) is 7.42. The number of fused-ring (bicyclic) bond motifs is 1. The van der Waals surface area contributed by atoms with Crippen molar-refractivity contribution in [3.63, 3.8) is 0 Å². The van der Waals surface area contributed by atoms with Gasteiger partial charge in [-0.3, -0.25) is 14.4 Å². The van der Waals surface area contributed by atoms with Gasteiger partial charge < -0.3 is 19.9 Å². The van der Waals surface area contributed by atoms with Crippen molar-refractivity contribution < 1.29 is 14.3 Å². The monoisotopic (exact) mass is 444 g/mol. The van der Waals surface area contributed by atoms with Gasteiger partial charge >= 0.3 is 0 Å². The molecule has 1 aliphatic heterocycles. The number of H-pyrrole nitrogens is 1. The van der Waals surface area contributed by atoms with Crippen LogP contribution in [0.3, 0.4) is 0 Å². The number of aromatic amines is 1. The summed E-state index contributed by atoms with van der Waals surface area (Å²) in [6.07, 6.45) is 4.17. The van der Waals surface area contributed by atoms with Gasteiger partial charge in [0.1, 0.15) is 11.1 Å². The van der Waals surface area contributed by atoms with Crippen LogP contribution in [-0.4, -0.2) is 44.7 Å². The predicted octanol–water partition coefficient (Wildman–Crippen LogP) is 2.25. The lowest BCUT2D eigenvalue weighted by atomic mass is 10.2. The van der Waals surface area contributed by atoms with Crippen LogP contribution in [0.25, 0.3) is 16.7 Å². The zero-order chi connectivity index (χ0) is 22.8. The fourth-order valence-electron chi connectivity index (χ4n) is 3.78. The number of carbonyl (C=O) groups is 2. The average molecular weight is 444 g/mol. The molecule has 2 aromatic carbocycles. The van der Waals surface area contributed by atoms with Gasteiger partial charge in [0.25, 0.3) is 11.5 Å². The molecule has 1 saturated heterocycles. The Kier molecular flexibility index (Phi) is 5.31. The van der Waals surface area contributed by atoms with E-state index in [4.69, 9.17) is 4.74 Å². The zero-order valence-corrected chi connectivity index (χ0v) is 17.5. The largest absolute Gasteiger partial charge is 0.484 e. The van der Waals surface area contributed by atoms with Crippen molar-refractivity contribution in [2.45, 2.75) is 12.8 Å². The molecule has 166 valence electrons. The van der Waals surface area contributed by atoms with Crippen LogP contribution >= 0.6 is 0 Å². The van der Waals surface area contributed by atoms with Crippen molar-refractivity contribution >= 4 is 34.2 Å². The smallest absolute Gasteiger partial charge is 0.262 e. The fraction of sp³-hybridized carbons (Fsp3) is 0.174. The molecular weight excluding hydrogens is 424 g/mol. The maximum absolute atomic E-state index is 12.6. The molecular formula is C23H20N6O4. The number of anilines is 2. The summed E-state index contributed by atoms with van der Waals surface area (Å²) >= 11 is 0. The van der Waals surface area contributed by atoms with E-state index in [1.54, 1.807) is 41.3 Å². The first-order valence-electron chi connectivity index (χ1n) is 10.4. The predicted molar refractivity (Wildman–Crippen MR) is 122 cm³/mol. The van der Waals surface area contributed by atoms with Crippen molar-refractivity contribution in [2.24, 2.45) is 0 Å². The van der Waals surface area contributed by atoms with Gasteiger partial charge in [0.2, 0.25) is 5.91 Å². The normalized spacial score (nSPS) is 13.5. The second kappa shape index (κ2) is 8.58. The standard InChI is InChI=1S/C23H20N6O4/c30-20(13-33-16-9-7-15(8-10-16)28-11-3-6-21(28)31)27-18-4-1-2-5-19(18)29-22-17(12-26-29)23(32)25-14-24-22/h1-2,4-5,7-10,12,14H,3,6,11,13H2,(H,27,30)(H,24,25,32). The van der Waals surface area contributed by atoms with Gasteiger partial charge in [0.05, 0.1) is 23.9 Å². The first kappa shape index (κ1) is 20.4. The molecule has 0 saturated carbocycles. The van der Waals surface area contributed by atoms with E-state index in [0.29, 0.717) is 34.6 Å². The Balaban J connectivity index is 1.28. The molecule has 4 aromatic rings. The lowest BCUT2D eigenvalue weighted by Crippen LogP contribution is -2.23. The lowest BCUT2D eigenvalue weighted by molar-refractivity contribution is -0.118. The summed E-state index contributed by atoms with van der Waals surface area (Å²) < 4.78 is 7.10. The molecule has 0 spiro atoms. The van der Waals surface area contributed by atoms with E-state index < -0.39 is 0 Å². The molecule has 0 radical (unpaired) electrons. The molecule has 3 heterocycles. The van der Waals surface area contributed by atoms with Crippen LogP contribution in [0.2, 0.25) is 0 Å².